The van der Waals surface area contributed by atoms with Gasteiger partial charge in [0, 0.05) is 12.7 Å². The molecule has 0 aliphatic heterocycles. The molecule has 2 heterocycles. The zero-order chi connectivity index (χ0) is 21.1. The van der Waals surface area contributed by atoms with Crippen LogP contribution >= 0.6 is 0 Å². The Balaban J connectivity index is 1.56. The van der Waals surface area contributed by atoms with E-state index in [2.05, 4.69) is 103 Å². The molecule has 0 saturated carbocycles. The Labute approximate surface area is 182 Å². The Morgan fingerprint density at radius 1 is 0.774 bits per heavy atom. The third-order valence-electron chi connectivity index (χ3n) is 6.84. The van der Waals surface area contributed by atoms with Gasteiger partial charge in [-0.05, 0) is 78.3 Å². The summed E-state index contributed by atoms with van der Waals surface area (Å²) >= 11 is 0. The number of allylic oxidation sites excluding steroid dienone is 1. The van der Waals surface area contributed by atoms with Crippen molar-refractivity contribution in [1.29, 1.82) is 0 Å². The highest BCUT2D eigenvalue weighted by Crippen LogP contribution is 2.37. The molecule has 0 N–H and O–H groups in total. The van der Waals surface area contributed by atoms with Gasteiger partial charge in [-0.3, -0.25) is 4.40 Å². The number of imidazole rings is 2. The van der Waals surface area contributed by atoms with E-state index in [1.165, 1.54) is 50.3 Å². The maximum absolute atomic E-state index is 4.90. The minimum absolute atomic E-state index is 1.02. The Morgan fingerprint density at radius 2 is 1.52 bits per heavy atom. The summed E-state index contributed by atoms with van der Waals surface area (Å²) in [4.78, 5) is 4.90. The van der Waals surface area contributed by atoms with E-state index in [4.69, 9.17) is 4.98 Å². The lowest BCUT2D eigenvalue weighted by molar-refractivity contribution is 0.823. The molecule has 0 spiro atoms. The third-order valence-corrected chi connectivity index (χ3v) is 6.84. The molecule has 0 saturated heterocycles. The summed E-state index contributed by atoms with van der Waals surface area (Å²) in [7, 11) is 2.14. The fourth-order valence-corrected chi connectivity index (χ4v) is 5.19. The molecule has 31 heavy (non-hydrogen) atoms. The van der Waals surface area contributed by atoms with E-state index in [0.717, 1.165) is 24.1 Å². The summed E-state index contributed by atoms with van der Waals surface area (Å²) in [5, 5.41) is 0. The minimum atomic E-state index is 1.02. The summed E-state index contributed by atoms with van der Waals surface area (Å²) < 4.78 is 4.59. The Hall–Kier alpha value is -3.59. The van der Waals surface area contributed by atoms with Gasteiger partial charge in [0.05, 0.1) is 16.7 Å². The lowest BCUT2D eigenvalue weighted by atomic mass is 9.87. The summed E-state index contributed by atoms with van der Waals surface area (Å²) in [5.41, 5.74) is 12.9. The normalized spacial score (nSPS) is 13.6. The van der Waals surface area contributed by atoms with Crippen LogP contribution in [0.1, 0.15) is 34.5 Å². The number of aryl methyl sites for hydroxylation is 2. The van der Waals surface area contributed by atoms with Crippen LogP contribution in [0.15, 0.2) is 66.7 Å². The lowest BCUT2D eigenvalue weighted by Gasteiger charge is -2.19. The van der Waals surface area contributed by atoms with Crippen LogP contribution in [0, 0.1) is 13.8 Å². The van der Waals surface area contributed by atoms with Crippen LogP contribution in [-0.2, 0) is 13.5 Å². The van der Waals surface area contributed by atoms with Gasteiger partial charge in [-0.2, -0.15) is 0 Å². The molecule has 0 atom stereocenters. The van der Waals surface area contributed by atoms with E-state index in [1.54, 1.807) is 0 Å². The van der Waals surface area contributed by atoms with Crippen molar-refractivity contribution in [2.24, 2.45) is 7.05 Å². The maximum atomic E-state index is 4.90. The highest BCUT2D eigenvalue weighted by atomic mass is 15.2. The van der Waals surface area contributed by atoms with Crippen molar-refractivity contribution in [3.63, 3.8) is 0 Å². The SMILES string of the molecule is Cc1ccccc1-c1cccc(C2=Cc3c(n(C)c4nc5ccccc5n34)CC2)c1C. The fraction of sp³-hybridized carbons (Fsp3) is 0.179. The minimum Gasteiger partial charge on any atom is -0.316 e. The first-order valence-corrected chi connectivity index (χ1v) is 10.9. The molecule has 1 aliphatic rings. The lowest BCUT2D eigenvalue weighted by Crippen LogP contribution is -2.05. The summed E-state index contributed by atoms with van der Waals surface area (Å²) in [6.45, 7) is 4.46. The predicted molar refractivity (Wildman–Crippen MR) is 129 cm³/mol. The number of benzene rings is 3. The van der Waals surface area contributed by atoms with E-state index in [0.29, 0.717) is 0 Å². The quantitative estimate of drug-likeness (QED) is 0.326. The molecule has 0 bridgehead atoms. The Kier molecular flexibility index (Phi) is 3.94. The second-order valence-electron chi connectivity index (χ2n) is 8.59. The van der Waals surface area contributed by atoms with Crippen molar-refractivity contribution in [3.8, 4) is 11.1 Å². The largest absolute Gasteiger partial charge is 0.316 e. The van der Waals surface area contributed by atoms with Crippen LogP contribution in [0.3, 0.4) is 0 Å². The third kappa shape index (κ3) is 2.63. The molecule has 3 nitrogen and oxygen atoms in total. The fourth-order valence-electron chi connectivity index (χ4n) is 5.19. The first kappa shape index (κ1) is 18.2. The highest BCUT2D eigenvalue weighted by molar-refractivity contribution is 5.90. The second kappa shape index (κ2) is 6.71. The van der Waals surface area contributed by atoms with Crippen LogP contribution in [0.2, 0.25) is 0 Å². The number of para-hydroxylation sites is 2. The number of aromatic nitrogens is 3. The second-order valence-corrected chi connectivity index (χ2v) is 8.59. The molecule has 1 aliphatic carbocycles. The van der Waals surface area contributed by atoms with Gasteiger partial charge >= 0.3 is 0 Å². The van der Waals surface area contributed by atoms with Gasteiger partial charge in [-0.1, -0.05) is 54.6 Å². The topological polar surface area (TPSA) is 22.2 Å². The van der Waals surface area contributed by atoms with Crippen molar-refractivity contribution >= 4 is 28.5 Å². The molecule has 2 aromatic heterocycles. The van der Waals surface area contributed by atoms with Crippen LogP contribution in [-0.4, -0.2) is 14.0 Å². The molecule has 5 aromatic rings. The van der Waals surface area contributed by atoms with E-state index < -0.39 is 0 Å². The molecule has 3 heteroatoms. The van der Waals surface area contributed by atoms with E-state index in [1.807, 2.05) is 0 Å². The molecular formula is C28H25N3. The smallest absolute Gasteiger partial charge is 0.215 e. The average Bonchev–Trinajstić information content (AvgIpc) is 3.30. The van der Waals surface area contributed by atoms with Gasteiger partial charge in [0.1, 0.15) is 0 Å². The molecule has 0 amide bonds. The molecule has 6 rings (SSSR count). The van der Waals surface area contributed by atoms with Crippen LogP contribution < -0.4 is 0 Å². The molecule has 152 valence electrons. The van der Waals surface area contributed by atoms with E-state index >= 15 is 0 Å². The van der Waals surface area contributed by atoms with Gasteiger partial charge < -0.3 is 4.57 Å². The summed E-state index contributed by atoms with van der Waals surface area (Å²) in [5.74, 6) is 1.02. The summed E-state index contributed by atoms with van der Waals surface area (Å²) in [6.07, 6.45) is 4.47. The molecule has 3 aromatic carbocycles. The van der Waals surface area contributed by atoms with Crippen molar-refractivity contribution in [2.75, 3.05) is 0 Å². The zero-order valence-electron chi connectivity index (χ0n) is 18.2. The monoisotopic (exact) mass is 403 g/mol. The number of fused-ring (bicyclic) bond motifs is 5. The van der Waals surface area contributed by atoms with Crippen molar-refractivity contribution < 1.29 is 0 Å². The van der Waals surface area contributed by atoms with Gasteiger partial charge in [0.15, 0.2) is 0 Å². The van der Waals surface area contributed by atoms with Crippen molar-refractivity contribution in [2.45, 2.75) is 26.7 Å². The predicted octanol–water partition coefficient (Wildman–Crippen LogP) is 6.60. The number of hydrogen-bond donors (Lipinski definition) is 0. The first-order valence-electron chi connectivity index (χ1n) is 10.9. The van der Waals surface area contributed by atoms with Crippen LogP contribution in [0.25, 0.3) is 39.6 Å². The molecule has 0 unspecified atom stereocenters. The highest BCUT2D eigenvalue weighted by Gasteiger charge is 2.23. The van der Waals surface area contributed by atoms with E-state index in [9.17, 15) is 0 Å². The number of nitrogens with zero attached hydrogens (tertiary/aromatic N) is 3. The number of hydrogen-bond acceptors (Lipinski definition) is 1. The van der Waals surface area contributed by atoms with E-state index in [-0.39, 0.29) is 0 Å². The van der Waals surface area contributed by atoms with Gasteiger partial charge in [0.25, 0.3) is 0 Å². The molecule has 0 radical (unpaired) electrons. The average molecular weight is 404 g/mol. The first-order chi connectivity index (χ1) is 15.1. The maximum Gasteiger partial charge on any atom is 0.215 e. The standard InChI is InChI=1S/C28H25N3/c1-18-9-4-5-10-21(18)23-12-8-11-22(19(23)2)20-15-16-26-27(17-20)31-25-14-7-6-13-24(25)29-28(31)30(26)3/h4-14,17H,15-16H2,1-3H3. The van der Waals surface area contributed by atoms with Gasteiger partial charge in [-0.25, -0.2) is 4.98 Å². The Morgan fingerprint density at radius 3 is 2.39 bits per heavy atom. The molecular weight excluding hydrogens is 378 g/mol. The van der Waals surface area contributed by atoms with Gasteiger partial charge in [0.2, 0.25) is 5.78 Å². The Bertz CT molecular complexity index is 1510. The van der Waals surface area contributed by atoms with Crippen molar-refractivity contribution in [1.82, 2.24) is 14.0 Å². The number of rotatable bonds is 2. The van der Waals surface area contributed by atoms with Crippen molar-refractivity contribution in [3.05, 3.63) is 94.8 Å². The van der Waals surface area contributed by atoms with Crippen LogP contribution in [0.4, 0.5) is 0 Å². The molecule has 0 fully saturated rings. The van der Waals surface area contributed by atoms with Gasteiger partial charge in [-0.15, -0.1) is 0 Å². The zero-order valence-corrected chi connectivity index (χ0v) is 18.2. The summed E-state index contributed by atoms with van der Waals surface area (Å²) in [6, 6.07) is 23.8. The van der Waals surface area contributed by atoms with Crippen LogP contribution in [0.5, 0.6) is 0 Å².